The molecule has 0 amide bonds. The summed E-state index contributed by atoms with van der Waals surface area (Å²) in [5.74, 6) is 1.41. The third-order valence-corrected chi connectivity index (χ3v) is 3.46. The second-order valence-electron chi connectivity index (χ2n) is 3.90. The Balaban J connectivity index is 1.90. The van der Waals surface area contributed by atoms with E-state index >= 15 is 0 Å². The molecule has 0 aromatic carbocycles. The molecule has 1 aliphatic heterocycles. The van der Waals surface area contributed by atoms with Crippen LogP contribution in [0.5, 0.6) is 0 Å². The average molecular weight is 306 g/mol. The van der Waals surface area contributed by atoms with Gasteiger partial charge in [-0.15, -0.1) is 0 Å². The first-order chi connectivity index (χ1) is 7.75. The Hall–Kier alpha value is -0.320. The number of pyridine rings is 1. The predicted molar refractivity (Wildman–Crippen MR) is 69.0 cm³/mol. The number of rotatable bonds is 3. The van der Waals surface area contributed by atoms with E-state index in [2.05, 4.69) is 26.2 Å². The third kappa shape index (κ3) is 3.34. The van der Waals surface area contributed by atoms with Gasteiger partial charge in [0.25, 0.3) is 0 Å². The van der Waals surface area contributed by atoms with Crippen LogP contribution < -0.4 is 5.32 Å². The monoisotopic (exact) mass is 304 g/mol. The van der Waals surface area contributed by atoms with E-state index in [9.17, 15) is 0 Å². The molecule has 0 spiro atoms. The third-order valence-electron chi connectivity index (χ3n) is 2.71. The van der Waals surface area contributed by atoms with Gasteiger partial charge < -0.3 is 10.1 Å². The van der Waals surface area contributed by atoms with Gasteiger partial charge in [-0.05, 0) is 46.8 Å². The number of anilines is 1. The Morgan fingerprint density at radius 3 is 2.94 bits per heavy atom. The smallest absolute Gasteiger partial charge is 0.146 e. The minimum Gasteiger partial charge on any atom is -0.381 e. The largest absolute Gasteiger partial charge is 0.381 e. The Labute approximate surface area is 109 Å². The van der Waals surface area contributed by atoms with Crippen molar-refractivity contribution < 1.29 is 4.74 Å². The molecule has 1 saturated heterocycles. The molecule has 0 atom stereocenters. The van der Waals surface area contributed by atoms with Crippen LogP contribution in [0, 0.1) is 5.92 Å². The molecule has 1 N–H and O–H groups in total. The van der Waals surface area contributed by atoms with Crippen LogP contribution >= 0.6 is 27.5 Å². The molecule has 0 radical (unpaired) electrons. The minimum absolute atomic E-state index is 0.658. The maximum Gasteiger partial charge on any atom is 0.146 e. The Morgan fingerprint density at radius 1 is 1.44 bits per heavy atom. The lowest BCUT2D eigenvalue weighted by Gasteiger charge is -2.22. The summed E-state index contributed by atoms with van der Waals surface area (Å²) >= 11 is 9.38. The normalized spacial score (nSPS) is 17.4. The SMILES string of the molecule is Clc1ccc(Br)nc1NCC1CCOCC1. The quantitative estimate of drug-likeness (QED) is 0.870. The predicted octanol–water partition coefficient (Wildman–Crippen LogP) is 3.34. The summed E-state index contributed by atoms with van der Waals surface area (Å²) in [5, 5.41) is 3.96. The van der Waals surface area contributed by atoms with E-state index in [1.54, 1.807) is 0 Å². The highest BCUT2D eigenvalue weighted by atomic mass is 79.9. The van der Waals surface area contributed by atoms with E-state index < -0.39 is 0 Å². The van der Waals surface area contributed by atoms with E-state index in [1.807, 2.05) is 12.1 Å². The van der Waals surface area contributed by atoms with Crippen molar-refractivity contribution in [3.05, 3.63) is 21.8 Å². The van der Waals surface area contributed by atoms with Crippen molar-refractivity contribution in [2.45, 2.75) is 12.8 Å². The fourth-order valence-electron chi connectivity index (χ4n) is 1.73. The van der Waals surface area contributed by atoms with Gasteiger partial charge in [0.15, 0.2) is 0 Å². The zero-order valence-electron chi connectivity index (χ0n) is 8.88. The van der Waals surface area contributed by atoms with Crippen LogP contribution in [0.1, 0.15) is 12.8 Å². The molecule has 1 aliphatic rings. The molecule has 2 rings (SSSR count). The molecule has 0 unspecified atom stereocenters. The summed E-state index contributed by atoms with van der Waals surface area (Å²) in [7, 11) is 0. The fourth-order valence-corrected chi connectivity index (χ4v) is 2.22. The Bertz CT molecular complexity index is 356. The van der Waals surface area contributed by atoms with Crippen LogP contribution in [0.2, 0.25) is 5.02 Å². The topological polar surface area (TPSA) is 34.2 Å². The van der Waals surface area contributed by atoms with Crippen LogP contribution in [0.4, 0.5) is 5.82 Å². The van der Waals surface area contributed by atoms with Gasteiger partial charge in [-0.2, -0.15) is 0 Å². The van der Waals surface area contributed by atoms with Crippen LogP contribution in [0.15, 0.2) is 16.7 Å². The van der Waals surface area contributed by atoms with Gasteiger partial charge in [0.2, 0.25) is 0 Å². The molecule has 0 bridgehead atoms. The first-order valence-corrected chi connectivity index (χ1v) is 6.56. The van der Waals surface area contributed by atoms with Gasteiger partial charge in [0.05, 0.1) is 5.02 Å². The van der Waals surface area contributed by atoms with E-state index in [0.29, 0.717) is 10.9 Å². The molecule has 3 nitrogen and oxygen atoms in total. The highest BCUT2D eigenvalue weighted by Crippen LogP contribution is 2.23. The van der Waals surface area contributed by atoms with Gasteiger partial charge in [-0.25, -0.2) is 4.98 Å². The second kappa shape index (κ2) is 5.84. The summed E-state index contributed by atoms with van der Waals surface area (Å²) in [6.07, 6.45) is 2.22. The molecule has 1 aromatic heterocycles. The number of halogens is 2. The molecular weight excluding hydrogens is 291 g/mol. The number of hydrogen-bond donors (Lipinski definition) is 1. The van der Waals surface area contributed by atoms with Crippen LogP contribution in [0.3, 0.4) is 0 Å². The number of hydrogen-bond acceptors (Lipinski definition) is 3. The van der Waals surface area contributed by atoms with Crippen molar-refractivity contribution in [1.29, 1.82) is 0 Å². The summed E-state index contributed by atoms with van der Waals surface area (Å²) in [6, 6.07) is 3.67. The standard InChI is InChI=1S/C11H14BrClN2O/c12-10-2-1-9(13)11(15-10)14-7-8-3-5-16-6-4-8/h1-2,8H,3-7H2,(H,14,15). The van der Waals surface area contributed by atoms with E-state index in [4.69, 9.17) is 16.3 Å². The maximum atomic E-state index is 6.04. The number of aromatic nitrogens is 1. The number of nitrogens with one attached hydrogen (secondary N) is 1. The summed E-state index contributed by atoms with van der Waals surface area (Å²) in [6.45, 7) is 2.64. The Morgan fingerprint density at radius 2 is 2.19 bits per heavy atom. The van der Waals surface area contributed by atoms with Crippen molar-refractivity contribution in [2.24, 2.45) is 5.92 Å². The lowest BCUT2D eigenvalue weighted by molar-refractivity contribution is 0.0699. The summed E-state index contributed by atoms with van der Waals surface area (Å²) < 4.78 is 6.12. The molecular formula is C11H14BrClN2O. The van der Waals surface area contributed by atoms with Crippen molar-refractivity contribution in [1.82, 2.24) is 4.98 Å². The molecule has 88 valence electrons. The van der Waals surface area contributed by atoms with Crippen LogP contribution in [0.25, 0.3) is 0 Å². The molecule has 0 aliphatic carbocycles. The summed E-state index contributed by atoms with van der Waals surface area (Å²) in [4.78, 5) is 4.30. The van der Waals surface area contributed by atoms with E-state index in [-0.39, 0.29) is 0 Å². The molecule has 16 heavy (non-hydrogen) atoms. The van der Waals surface area contributed by atoms with Gasteiger partial charge in [0, 0.05) is 19.8 Å². The highest BCUT2D eigenvalue weighted by molar-refractivity contribution is 9.10. The van der Waals surface area contributed by atoms with Crippen LogP contribution in [-0.4, -0.2) is 24.7 Å². The molecule has 5 heteroatoms. The van der Waals surface area contributed by atoms with Gasteiger partial charge in [0.1, 0.15) is 10.4 Å². The fraction of sp³-hybridized carbons (Fsp3) is 0.545. The molecule has 1 aromatic rings. The van der Waals surface area contributed by atoms with Crippen molar-refractivity contribution in [3.8, 4) is 0 Å². The van der Waals surface area contributed by atoms with Crippen molar-refractivity contribution in [3.63, 3.8) is 0 Å². The second-order valence-corrected chi connectivity index (χ2v) is 5.12. The lowest BCUT2D eigenvalue weighted by Crippen LogP contribution is -2.23. The zero-order valence-corrected chi connectivity index (χ0v) is 11.2. The minimum atomic E-state index is 0.658. The molecule has 2 heterocycles. The van der Waals surface area contributed by atoms with Crippen LogP contribution in [-0.2, 0) is 4.74 Å². The van der Waals surface area contributed by atoms with Gasteiger partial charge in [-0.3, -0.25) is 0 Å². The average Bonchev–Trinajstić information content (AvgIpc) is 2.32. The number of ether oxygens (including phenoxy) is 1. The Kier molecular flexibility index (Phi) is 4.44. The highest BCUT2D eigenvalue weighted by Gasteiger charge is 2.14. The van der Waals surface area contributed by atoms with E-state index in [0.717, 1.165) is 43.0 Å². The van der Waals surface area contributed by atoms with E-state index in [1.165, 1.54) is 0 Å². The lowest BCUT2D eigenvalue weighted by atomic mass is 10.0. The summed E-state index contributed by atoms with van der Waals surface area (Å²) in [5.41, 5.74) is 0. The first-order valence-electron chi connectivity index (χ1n) is 5.39. The number of nitrogens with zero attached hydrogens (tertiary/aromatic N) is 1. The van der Waals surface area contributed by atoms with Crippen molar-refractivity contribution >= 4 is 33.3 Å². The zero-order chi connectivity index (χ0) is 11.4. The van der Waals surface area contributed by atoms with Gasteiger partial charge in [-0.1, -0.05) is 11.6 Å². The first kappa shape index (κ1) is 12.1. The molecule has 1 fully saturated rings. The van der Waals surface area contributed by atoms with Gasteiger partial charge >= 0.3 is 0 Å². The van der Waals surface area contributed by atoms with Crippen molar-refractivity contribution in [2.75, 3.05) is 25.1 Å². The maximum absolute atomic E-state index is 6.04. The molecule has 0 saturated carbocycles.